The molecule has 19 heavy (non-hydrogen) atoms. The number of aryl methyl sites for hydroxylation is 1. The Kier molecular flexibility index (Phi) is 4.27. The molecule has 0 unspecified atom stereocenters. The Morgan fingerprint density at radius 2 is 2.05 bits per heavy atom. The summed E-state index contributed by atoms with van der Waals surface area (Å²) in [4.78, 5) is 11.3. The molecule has 0 radical (unpaired) electrons. The lowest BCUT2D eigenvalue weighted by Gasteiger charge is -2.02. The lowest BCUT2D eigenvalue weighted by molar-refractivity contribution is 0.0696. The molecule has 100 valence electrons. The molecule has 4 nitrogen and oxygen atoms in total. The van der Waals surface area contributed by atoms with E-state index in [2.05, 4.69) is 21.0 Å². The van der Waals surface area contributed by atoms with E-state index in [1.165, 1.54) is 4.68 Å². The van der Waals surface area contributed by atoms with Crippen LogP contribution in [-0.4, -0.2) is 20.9 Å². The summed E-state index contributed by atoms with van der Waals surface area (Å²) in [5, 5.41) is 13.7. The number of carboxylic acids is 1. The van der Waals surface area contributed by atoms with Gasteiger partial charge in [0.2, 0.25) is 0 Å². The smallest absolute Gasteiger partial charge is 0.340 e. The third-order valence-electron chi connectivity index (χ3n) is 2.67. The maximum atomic E-state index is 11.3. The Labute approximate surface area is 124 Å². The van der Waals surface area contributed by atoms with Gasteiger partial charge in [-0.1, -0.05) is 40.9 Å². The quantitative estimate of drug-likeness (QED) is 0.915. The summed E-state index contributed by atoms with van der Waals surface area (Å²) in [7, 11) is 0. The second-order valence-electron chi connectivity index (χ2n) is 4.06. The zero-order valence-corrected chi connectivity index (χ0v) is 12.6. The Balaban J connectivity index is 2.55. The second kappa shape index (κ2) is 5.75. The van der Waals surface area contributed by atoms with Gasteiger partial charge in [-0.25, -0.2) is 9.48 Å². The van der Waals surface area contributed by atoms with Crippen LogP contribution < -0.4 is 0 Å². The third kappa shape index (κ3) is 2.82. The molecule has 0 saturated heterocycles. The fraction of sp³-hybridized carbons (Fsp3) is 0.231. The molecule has 0 aliphatic heterocycles. The second-order valence-corrected chi connectivity index (χ2v) is 5.33. The molecule has 1 aromatic heterocycles. The Morgan fingerprint density at radius 3 is 2.58 bits per heavy atom. The van der Waals surface area contributed by atoms with Crippen molar-refractivity contribution in [2.45, 2.75) is 19.8 Å². The van der Waals surface area contributed by atoms with Crippen molar-refractivity contribution in [3.05, 3.63) is 45.1 Å². The lowest BCUT2D eigenvalue weighted by Crippen LogP contribution is -2.00. The van der Waals surface area contributed by atoms with Gasteiger partial charge in [0.25, 0.3) is 0 Å². The van der Waals surface area contributed by atoms with Gasteiger partial charge in [0, 0.05) is 4.47 Å². The molecule has 2 rings (SSSR count). The number of aromatic carboxylic acids is 1. The molecule has 0 aliphatic rings. The van der Waals surface area contributed by atoms with Crippen molar-refractivity contribution >= 4 is 33.5 Å². The monoisotopic (exact) mass is 342 g/mol. The van der Waals surface area contributed by atoms with Crippen LogP contribution in [0, 0.1) is 0 Å². The highest BCUT2D eigenvalue weighted by molar-refractivity contribution is 9.10. The average Bonchev–Trinajstić information content (AvgIpc) is 2.68. The van der Waals surface area contributed by atoms with Crippen LogP contribution in [0.4, 0.5) is 0 Å². The average molecular weight is 344 g/mol. The molecule has 0 atom stereocenters. The zero-order valence-electron chi connectivity index (χ0n) is 10.2. The van der Waals surface area contributed by atoms with Crippen LogP contribution in [-0.2, 0) is 6.42 Å². The number of aromatic nitrogens is 2. The van der Waals surface area contributed by atoms with Crippen molar-refractivity contribution in [1.82, 2.24) is 9.78 Å². The minimum Gasteiger partial charge on any atom is -0.478 e. The van der Waals surface area contributed by atoms with Gasteiger partial charge in [0.15, 0.2) is 0 Å². The molecule has 0 amide bonds. The van der Waals surface area contributed by atoms with E-state index in [-0.39, 0.29) is 10.7 Å². The van der Waals surface area contributed by atoms with Crippen LogP contribution in [0.25, 0.3) is 5.69 Å². The van der Waals surface area contributed by atoms with Crippen LogP contribution in [0.3, 0.4) is 0 Å². The number of carboxylic acid groups (broad SMARTS) is 1. The van der Waals surface area contributed by atoms with Crippen molar-refractivity contribution in [1.29, 1.82) is 0 Å². The van der Waals surface area contributed by atoms with Gasteiger partial charge in [-0.2, -0.15) is 5.10 Å². The maximum absolute atomic E-state index is 11.3. The summed E-state index contributed by atoms with van der Waals surface area (Å²) in [5.74, 6) is -1.04. The molecule has 0 bridgehead atoms. The van der Waals surface area contributed by atoms with Crippen LogP contribution in [0.2, 0.25) is 5.15 Å². The van der Waals surface area contributed by atoms with Gasteiger partial charge in [0.1, 0.15) is 10.7 Å². The first-order valence-corrected chi connectivity index (χ1v) is 6.98. The summed E-state index contributed by atoms with van der Waals surface area (Å²) in [5.41, 5.74) is 1.34. The highest BCUT2D eigenvalue weighted by atomic mass is 79.9. The van der Waals surface area contributed by atoms with Crippen LogP contribution >= 0.6 is 27.5 Å². The van der Waals surface area contributed by atoms with Crippen molar-refractivity contribution in [3.63, 3.8) is 0 Å². The van der Waals surface area contributed by atoms with E-state index < -0.39 is 5.97 Å². The Hall–Kier alpha value is -1.33. The van der Waals surface area contributed by atoms with E-state index in [1.807, 2.05) is 31.2 Å². The van der Waals surface area contributed by atoms with Gasteiger partial charge in [-0.05, 0) is 30.7 Å². The Bertz CT molecular complexity index is 608. The first kappa shape index (κ1) is 14.1. The number of hydrogen-bond acceptors (Lipinski definition) is 2. The number of halogens is 2. The van der Waals surface area contributed by atoms with Crippen LogP contribution in [0.15, 0.2) is 28.7 Å². The first-order valence-electron chi connectivity index (χ1n) is 5.81. The first-order chi connectivity index (χ1) is 9.04. The normalized spacial score (nSPS) is 10.7. The molecule has 1 N–H and O–H groups in total. The summed E-state index contributed by atoms with van der Waals surface area (Å²) >= 11 is 9.49. The molecule has 0 fully saturated rings. The summed E-state index contributed by atoms with van der Waals surface area (Å²) in [6.07, 6.45) is 1.40. The van der Waals surface area contributed by atoms with Gasteiger partial charge >= 0.3 is 5.97 Å². The molecule has 6 heteroatoms. The topological polar surface area (TPSA) is 55.1 Å². The van der Waals surface area contributed by atoms with Gasteiger partial charge in [-0.15, -0.1) is 0 Å². The van der Waals surface area contributed by atoms with Crippen molar-refractivity contribution < 1.29 is 9.90 Å². The molecule has 1 heterocycles. The number of nitrogens with zero attached hydrogens (tertiary/aromatic N) is 2. The van der Waals surface area contributed by atoms with Crippen molar-refractivity contribution in [3.8, 4) is 5.69 Å². The highest BCUT2D eigenvalue weighted by Crippen LogP contribution is 2.25. The number of rotatable bonds is 4. The summed E-state index contributed by atoms with van der Waals surface area (Å²) in [6, 6.07) is 7.36. The van der Waals surface area contributed by atoms with E-state index in [9.17, 15) is 9.90 Å². The molecular formula is C13H12BrClN2O2. The van der Waals surface area contributed by atoms with Gasteiger partial charge in [0.05, 0.1) is 11.4 Å². The van der Waals surface area contributed by atoms with Gasteiger partial charge in [-0.3, -0.25) is 0 Å². The van der Waals surface area contributed by atoms with Crippen LogP contribution in [0.5, 0.6) is 0 Å². The molecule has 0 spiro atoms. The van der Waals surface area contributed by atoms with Crippen LogP contribution in [0.1, 0.15) is 29.4 Å². The van der Waals surface area contributed by atoms with E-state index in [0.29, 0.717) is 12.1 Å². The van der Waals surface area contributed by atoms with Gasteiger partial charge < -0.3 is 5.11 Å². The molecule has 2 aromatic rings. The predicted molar refractivity (Wildman–Crippen MR) is 77.2 cm³/mol. The molecular weight excluding hydrogens is 332 g/mol. The SMILES string of the molecule is CCCc1nn(-c2ccc(Br)cc2)c(Cl)c1C(=O)O. The fourth-order valence-corrected chi connectivity index (χ4v) is 2.41. The van der Waals surface area contributed by atoms with E-state index in [0.717, 1.165) is 16.6 Å². The standard InChI is InChI=1S/C13H12BrClN2O2/c1-2-3-10-11(13(18)19)12(15)17(16-10)9-6-4-8(14)5-7-9/h4-7H,2-3H2,1H3,(H,18,19). The molecule has 1 aromatic carbocycles. The third-order valence-corrected chi connectivity index (χ3v) is 3.55. The summed E-state index contributed by atoms with van der Waals surface area (Å²) < 4.78 is 2.40. The minimum atomic E-state index is -1.04. The number of hydrogen-bond donors (Lipinski definition) is 1. The fourth-order valence-electron chi connectivity index (χ4n) is 1.82. The van der Waals surface area contributed by atoms with E-state index >= 15 is 0 Å². The lowest BCUT2D eigenvalue weighted by atomic mass is 10.2. The predicted octanol–water partition coefficient (Wildman–Crippen LogP) is 3.94. The zero-order chi connectivity index (χ0) is 14.0. The molecule has 0 saturated carbocycles. The molecule has 0 aliphatic carbocycles. The number of carbonyl (C=O) groups is 1. The Morgan fingerprint density at radius 1 is 1.42 bits per heavy atom. The van der Waals surface area contributed by atoms with E-state index in [4.69, 9.17) is 11.6 Å². The van der Waals surface area contributed by atoms with Crippen molar-refractivity contribution in [2.75, 3.05) is 0 Å². The van der Waals surface area contributed by atoms with E-state index in [1.54, 1.807) is 0 Å². The largest absolute Gasteiger partial charge is 0.478 e. The maximum Gasteiger partial charge on any atom is 0.340 e. The minimum absolute atomic E-state index is 0.0893. The highest BCUT2D eigenvalue weighted by Gasteiger charge is 2.22. The number of benzene rings is 1. The van der Waals surface area contributed by atoms with Crippen molar-refractivity contribution in [2.24, 2.45) is 0 Å². The summed E-state index contributed by atoms with van der Waals surface area (Å²) in [6.45, 7) is 1.97.